The smallest absolute Gasteiger partial charge is 0.217 e. The number of hydrogen-bond donors (Lipinski definition) is 2. The van der Waals surface area contributed by atoms with Crippen molar-refractivity contribution < 1.29 is 70.4 Å². The number of ether oxygens (including phenoxy) is 12. The Balaban J connectivity index is 0.000000211. The van der Waals surface area contributed by atoms with Crippen molar-refractivity contribution in [3.8, 4) is 34.8 Å². The third-order valence-electron chi connectivity index (χ3n) is 11.5. The van der Waals surface area contributed by atoms with E-state index in [-0.39, 0.29) is 42.6 Å². The number of benzene rings is 5. The number of pyridine rings is 3. The number of aromatic amines is 1. The molecule has 0 aliphatic heterocycles. The number of aliphatic hydroxyl groups excluding tert-OH is 1. The van der Waals surface area contributed by atoms with Crippen LogP contribution in [-0.4, -0.2) is 130 Å². The van der Waals surface area contributed by atoms with Gasteiger partial charge < -0.3 is 66.9 Å². The SMILES string of the molecule is CCS(=O)(=O)c1cc(OCc2ccc(OC)cc2)c2cccc(Cl)c2n1.COC(CO)OC.COC(COc1cc(=O)c2cccc(Cl)c2[nH]1)OC.COc1ccc(COc2cc(OCC(OC)OC)nc3c(Cl)cccc23)cc1. The summed E-state index contributed by atoms with van der Waals surface area (Å²) < 4.78 is 87.4. The van der Waals surface area contributed by atoms with Gasteiger partial charge in [-0.2, -0.15) is 0 Å². The molecule has 0 aliphatic rings. The summed E-state index contributed by atoms with van der Waals surface area (Å²) in [6.07, 6.45) is -1.45. The third kappa shape index (κ3) is 18.5. The number of methoxy groups -OCH3 is 8. The monoisotopic (exact) mass is 1180 g/mol. The second-order valence-electron chi connectivity index (χ2n) is 16.5. The Morgan fingerprint density at radius 2 is 0.988 bits per heavy atom. The van der Waals surface area contributed by atoms with Crippen LogP contribution in [0.15, 0.2) is 131 Å². The standard InChI is InChI=1S/C21H22ClNO5.C19H18ClNO4S.C13H14ClNO4.C4H10O3/c1-24-15-9-7-14(8-10-15)12-27-18-11-19(28-13-20(25-2)26-3)23-21-16(18)5-4-6-17(21)22;1-3-26(22,23)18-11-17(15-5-4-6-16(20)19(15)21-18)25-12-13-7-9-14(24-2)10-8-13;1-17-12(18-2)7-19-11-6-10(16)8-4-3-5-9(14)13(8)15-11;1-6-4(3-5)7-2/h4-11,20H,12-13H2,1-3H3;4-11H,3,12H2,1-2H3;3-6,12H,7H2,1-2H3,(H,15,16);4-5H,3H2,1-2H3. The van der Waals surface area contributed by atoms with E-state index in [4.69, 9.17) is 87.3 Å². The quantitative estimate of drug-likeness (QED) is 0.0568. The van der Waals surface area contributed by atoms with Crippen LogP contribution in [0.4, 0.5) is 0 Å². The minimum atomic E-state index is -3.49. The van der Waals surface area contributed by atoms with Crippen LogP contribution in [0.25, 0.3) is 32.7 Å². The maximum atomic E-state index is 12.3. The van der Waals surface area contributed by atoms with Crippen LogP contribution >= 0.6 is 34.8 Å². The van der Waals surface area contributed by atoms with Crippen molar-refractivity contribution in [3.63, 3.8) is 0 Å². The van der Waals surface area contributed by atoms with Crippen LogP contribution in [0, 0.1) is 0 Å². The number of sulfone groups is 1. The Labute approximate surface area is 479 Å². The van der Waals surface area contributed by atoms with E-state index in [9.17, 15) is 13.2 Å². The summed E-state index contributed by atoms with van der Waals surface area (Å²) in [6.45, 7) is 2.50. The molecule has 0 radical (unpaired) electrons. The molecule has 0 aliphatic carbocycles. The first-order valence-electron chi connectivity index (χ1n) is 24.4. The molecule has 23 heteroatoms. The second-order valence-corrected chi connectivity index (χ2v) is 20.0. The molecule has 3 heterocycles. The zero-order valence-corrected chi connectivity index (χ0v) is 48.6. The topological polar surface area (TPSA) is 224 Å². The van der Waals surface area contributed by atoms with Gasteiger partial charge in [-0.1, -0.05) is 84.2 Å². The Morgan fingerprint density at radius 1 is 0.537 bits per heavy atom. The van der Waals surface area contributed by atoms with E-state index in [1.807, 2.05) is 60.7 Å². The van der Waals surface area contributed by atoms with E-state index in [1.54, 1.807) is 83.9 Å². The van der Waals surface area contributed by atoms with Crippen molar-refractivity contribution in [3.05, 3.63) is 158 Å². The van der Waals surface area contributed by atoms with E-state index < -0.39 is 28.7 Å². The summed E-state index contributed by atoms with van der Waals surface area (Å²) in [7, 11) is 8.83. The molecule has 0 saturated carbocycles. The van der Waals surface area contributed by atoms with Gasteiger partial charge in [0.1, 0.15) is 49.4 Å². The van der Waals surface area contributed by atoms with E-state index in [0.717, 1.165) is 28.0 Å². The van der Waals surface area contributed by atoms with Gasteiger partial charge in [0.05, 0.1) is 58.2 Å². The Morgan fingerprint density at radius 3 is 1.44 bits per heavy atom. The molecule has 8 aromatic rings. The molecular weight excluding hydrogens is 1120 g/mol. The first-order valence-corrected chi connectivity index (χ1v) is 27.1. The van der Waals surface area contributed by atoms with E-state index >= 15 is 0 Å². The highest BCUT2D eigenvalue weighted by Crippen LogP contribution is 2.35. The van der Waals surface area contributed by atoms with Crippen molar-refractivity contribution in [2.24, 2.45) is 0 Å². The zero-order chi connectivity index (χ0) is 58.2. The number of nitrogens with zero attached hydrogens (tertiary/aromatic N) is 2. The van der Waals surface area contributed by atoms with Gasteiger partial charge in [-0.25, -0.2) is 18.4 Å². The lowest BCUT2D eigenvalue weighted by molar-refractivity contribution is -0.127. The van der Waals surface area contributed by atoms with Gasteiger partial charge >= 0.3 is 0 Å². The van der Waals surface area contributed by atoms with Crippen LogP contribution in [-0.2, 0) is 51.5 Å². The first kappa shape index (κ1) is 64.3. The molecule has 5 aromatic carbocycles. The number of halogens is 3. The molecular formula is C57H64Cl3N3O16S. The van der Waals surface area contributed by atoms with Gasteiger partial charge in [-0.15, -0.1) is 0 Å². The number of rotatable bonds is 23. The number of para-hydroxylation sites is 3. The normalized spacial score (nSPS) is 11.2. The Kier molecular flexibility index (Phi) is 26.2. The first-order chi connectivity index (χ1) is 38.6. The molecule has 19 nitrogen and oxygen atoms in total. The third-order valence-corrected chi connectivity index (χ3v) is 14.1. The summed E-state index contributed by atoms with van der Waals surface area (Å²) in [6, 6.07) is 35.7. The number of fused-ring (bicyclic) bond motifs is 3. The van der Waals surface area contributed by atoms with Crippen molar-refractivity contribution in [2.75, 3.05) is 82.5 Å². The summed E-state index contributed by atoms with van der Waals surface area (Å²) >= 11 is 18.6. The van der Waals surface area contributed by atoms with Crippen molar-refractivity contribution in [2.45, 2.75) is 44.0 Å². The van der Waals surface area contributed by atoms with Gasteiger partial charge in [-0.05, 0) is 71.8 Å². The fraction of sp³-hybridized carbons (Fsp3) is 0.316. The predicted octanol–water partition coefficient (Wildman–Crippen LogP) is 10.5. The number of aliphatic hydroxyl groups is 1. The highest BCUT2D eigenvalue weighted by molar-refractivity contribution is 7.91. The van der Waals surface area contributed by atoms with Crippen LogP contribution in [0.5, 0.6) is 34.8 Å². The van der Waals surface area contributed by atoms with Crippen LogP contribution < -0.4 is 33.8 Å². The summed E-state index contributed by atoms with van der Waals surface area (Å²) in [5.41, 5.74) is 3.36. The van der Waals surface area contributed by atoms with Crippen LogP contribution in [0.3, 0.4) is 0 Å². The molecule has 0 unspecified atom stereocenters. The molecule has 0 saturated heterocycles. The molecule has 0 amide bonds. The molecule has 8 rings (SSSR count). The van der Waals surface area contributed by atoms with Crippen LogP contribution in [0.1, 0.15) is 18.1 Å². The average molecular weight is 1190 g/mol. The molecule has 0 bridgehead atoms. The van der Waals surface area contributed by atoms with Gasteiger partial charge in [0.15, 0.2) is 45.0 Å². The molecule has 430 valence electrons. The maximum Gasteiger partial charge on any atom is 0.217 e. The number of aromatic nitrogens is 3. The Hall–Kier alpha value is -6.53. The molecule has 80 heavy (non-hydrogen) atoms. The number of nitrogens with one attached hydrogen (secondary N) is 1. The molecule has 2 N–H and O–H groups in total. The van der Waals surface area contributed by atoms with E-state index in [0.29, 0.717) is 72.3 Å². The number of hydrogen-bond acceptors (Lipinski definition) is 18. The maximum absolute atomic E-state index is 12.3. The van der Waals surface area contributed by atoms with Crippen LogP contribution in [0.2, 0.25) is 15.1 Å². The van der Waals surface area contributed by atoms with Gasteiger partial charge in [0, 0.05) is 77.0 Å². The molecule has 0 fully saturated rings. The minimum absolute atomic E-state index is 0.0367. The largest absolute Gasteiger partial charge is 0.497 e. The van der Waals surface area contributed by atoms with Crippen molar-refractivity contribution in [1.29, 1.82) is 0 Å². The highest BCUT2D eigenvalue weighted by Gasteiger charge is 2.19. The fourth-order valence-electron chi connectivity index (χ4n) is 7.02. The van der Waals surface area contributed by atoms with Crippen molar-refractivity contribution >= 4 is 77.3 Å². The average Bonchev–Trinajstić information content (AvgIpc) is 3.57. The predicted molar refractivity (Wildman–Crippen MR) is 307 cm³/mol. The van der Waals surface area contributed by atoms with Crippen molar-refractivity contribution in [1.82, 2.24) is 15.0 Å². The van der Waals surface area contributed by atoms with Gasteiger partial charge in [-0.3, -0.25) is 4.79 Å². The fourth-order valence-corrected chi connectivity index (χ4v) is 8.49. The molecule has 0 spiro atoms. The summed E-state index contributed by atoms with van der Waals surface area (Å²) in [4.78, 5) is 23.6. The van der Waals surface area contributed by atoms with E-state index in [2.05, 4.69) is 24.4 Å². The lowest BCUT2D eigenvalue weighted by Crippen LogP contribution is -2.22. The minimum Gasteiger partial charge on any atom is -0.497 e. The lowest BCUT2D eigenvalue weighted by atomic mass is 10.2. The Bertz CT molecular complexity index is 3360. The van der Waals surface area contributed by atoms with E-state index in [1.165, 1.54) is 40.6 Å². The van der Waals surface area contributed by atoms with Gasteiger partial charge in [0.2, 0.25) is 5.88 Å². The molecule has 3 aromatic heterocycles. The second kappa shape index (κ2) is 32.7. The highest BCUT2D eigenvalue weighted by atomic mass is 35.5. The lowest BCUT2D eigenvalue weighted by Gasteiger charge is -2.16. The molecule has 0 atom stereocenters. The zero-order valence-electron chi connectivity index (χ0n) is 45.5. The number of H-pyrrole nitrogens is 1. The summed E-state index contributed by atoms with van der Waals surface area (Å²) in [5.74, 6) is 3.27. The summed E-state index contributed by atoms with van der Waals surface area (Å²) in [5, 5.41) is 11.6. The van der Waals surface area contributed by atoms with Gasteiger partial charge in [0.25, 0.3) is 0 Å².